The lowest BCUT2D eigenvalue weighted by molar-refractivity contribution is -0.130. The van der Waals surface area contributed by atoms with Gasteiger partial charge in [-0.2, -0.15) is 4.98 Å². The standard InChI is InChI=1S/C19H27N5O4/c1-24(8-5-7-21-18(25)14-6-4-9-28-14)19-22-13-11-16(27-3)15(26-2)10-12(13)17(20)23-19/h10-11,14H,4-9H2,1-3H3,(H,21,25)(H2,20,22,23)/i5D2,7D2,8D2/hD3. The normalized spacial score (nSPS) is 22.2. The first-order chi connectivity index (χ1) is 17.1. The molecule has 0 saturated carbocycles. The van der Waals surface area contributed by atoms with E-state index in [-0.39, 0.29) is 52.3 Å². The summed E-state index contributed by atoms with van der Waals surface area (Å²) in [4.78, 5) is 21.4. The van der Waals surface area contributed by atoms with E-state index in [4.69, 9.17) is 26.7 Å². The Labute approximate surface area is 177 Å². The zero-order valence-electron chi connectivity index (χ0n) is 24.7. The number of rotatable bonds is 9. The Morgan fingerprint density at radius 3 is 2.93 bits per heavy atom. The zero-order chi connectivity index (χ0) is 27.9. The average molecular weight is 399 g/mol. The molecule has 9 heteroatoms. The molecule has 1 saturated heterocycles. The van der Waals surface area contributed by atoms with E-state index in [1.807, 2.05) is 0 Å². The van der Waals surface area contributed by atoms with E-state index in [0.29, 0.717) is 11.3 Å². The van der Waals surface area contributed by atoms with Gasteiger partial charge in [0.1, 0.15) is 11.9 Å². The van der Waals surface area contributed by atoms with E-state index in [2.05, 4.69) is 9.97 Å². The molecule has 28 heavy (non-hydrogen) atoms. The molecular weight excluding hydrogens is 362 g/mol. The first-order valence-electron chi connectivity index (χ1n) is 12.9. The van der Waals surface area contributed by atoms with Gasteiger partial charge in [-0.05, 0) is 25.3 Å². The third-order valence-electron chi connectivity index (χ3n) is 4.12. The number of nitrogen functional groups attached to an aromatic ring is 1. The van der Waals surface area contributed by atoms with Gasteiger partial charge in [-0.25, -0.2) is 4.98 Å². The number of methoxy groups -OCH3 is 2. The lowest BCUT2D eigenvalue weighted by Crippen LogP contribution is -2.36. The van der Waals surface area contributed by atoms with Gasteiger partial charge < -0.3 is 30.1 Å². The SMILES string of the molecule is [2H]N([2H])c1nc(N(C)C([2H])([2H])C([2H])([2H])C([2H])([2H])N([2H])C(=O)C2CCCO2)nc2cc(OC)c(OC)cc12. The highest BCUT2D eigenvalue weighted by Crippen LogP contribution is 2.33. The number of fused-ring (bicyclic) bond motifs is 1. The van der Waals surface area contributed by atoms with Crippen molar-refractivity contribution in [3.63, 3.8) is 0 Å². The molecule has 0 radical (unpaired) electrons. The minimum absolute atomic E-state index is 0.101. The number of anilines is 2. The Balaban J connectivity index is 2.06. The topological polar surface area (TPSA) is 112 Å². The molecule has 1 aliphatic heterocycles. The molecule has 1 amide bonds. The zero-order valence-corrected chi connectivity index (χ0v) is 15.7. The second-order valence-corrected chi connectivity index (χ2v) is 5.93. The Morgan fingerprint density at radius 2 is 2.25 bits per heavy atom. The molecule has 152 valence electrons. The van der Waals surface area contributed by atoms with E-state index in [1.165, 1.54) is 26.4 Å². The summed E-state index contributed by atoms with van der Waals surface area (Å²) < 4.78 is 89.3. The van der Waals surface area contributed by atoms with E-state index in [9.17, 15) is 4.79 Å². The lowest BCUT2D eigenvalue weighted by atomic mass is 10.2. The molecule has 1 unspecified atom stereocenters. The number of carbonyl (C=O) groups is 1. The smallest absolute Gasteiger partial charge is 0.249 e. The van der Waals surface area contributed by atoms with Crippen LogP contribution < -0.4 is 25.4 Å². The maximum atomic E-state index is 12.6. The fourth-order valence-electron chi connectivity index (χ4n) is 2.66. The molecule has 3 N–H and O–H groups in total. The molecule has 1 aliphatic rings. The fraction of sp³-hybridized carbons (Fsp3) is 0.526. The van der Waals surface area contributed by atoms with Crippen LogP contribution in [0.4, 0.5) is 11.8 Å². The number of carbonyl (C=O) groups excluding carboxylic acids is 1. The maximum Gasteiger partial charge on any atom is 0.249 e. The molecule has 1 aromatic carbocycles. The van der Waals surface area contributed by atoms with Crippen molar-refractivity contribution >= 4 is 28.6 Å². The molecule has 2 aromatic rings. The van der Waals surface area contributed by atoms with Crippen LogP contribution in [0.5, 0.6) is 11.5 Å². The molecule has 0 aliphatic carbocycles. The Kier molecular flexibility index (Phi) is 3.59. The second-order valence-electron chi connectivity index (χ2n) is 5.93. The molecule has 1 fully saturated rings. The van der Waals surface area contributed by atoms with Gasteiger partial charge in [-0.3, -0.25) is 4.79 Å². The van der Waals surface area contributed by atoms with Crippen LogP contribution in [0.1, 0.15) is 27.4 Å². The molecular formula is C19H27N5O4. The molecule has 9 nitrogen and oxygen atoms in total. The molecule has 0 spiro atoms. The Morgan fingerprint density at radius 1 is 1.46 bits per heavy atom. The lowest BCUT2D eigenvalue weighted by Gasteiger charge is -2.19. The van der Waals surface area contributed by atoms with Crippen molar-refractivity contribution in [3.8, 4) is 11.5 Å². The van der Waals surface area contributed by atoms with Gasteiger partial charge in [0.15, 0.2) is 15.7 Å². The summed E-state index contributed by atoms with van der Waals surface area (Å²) in [6, 6.07) is 2.82. The summed E-state index contributed by atoms with van der Waals surface area (Å²) >= 11 is 0. The molecule has 0 bridgehead atoms. The van der Waals surface area contributed by atoms with Crippen molar-refractivity contribution in [2.75, 3.05) is 51.5 Å². The first kappa shape index (κ1) is 11.3. The van der Waals surface area contributed by atoms with E-state index >= 15 is 0 Å². The van der Waals surface area contributed by atoms with Crippen LogP contribution in [0.15, 0.2) is 12.1 Å². The van der Waals surface area contributed by atoms with E-state index in [1.54, 1.807) is 0 Å². The quantitative estimate of drug-likeness (QED) is 0.651. The fourth-order valence-corrected chi connectivity index (χ4v) is 2.66. The van der Waals surface area contributed by atoms with Crippen LogP contribution in [-0.2, 0) is 9.53 Å². The van der Waals surface area contributed by atoms with Crippen molar-refractivity contribution in [1.82, 2.24) is 15.3 Å². The van der Waals surface area contributed by atoms with Crippen LogP contribution in [0.25, 0.3) is 10.9 Å². The summed E-state index contributed by atoms with van der Waals surface area (Å²) in [5, 5.41) is -0.0495. The van der Waals surface area contributed by atoms with Crippen molar-refractivity contribution in [2.45, 2.75) is 25.3 Å². The maximum absolute atomic E-state index is 12.6. The largest absolute Gasteiger partial charge is 0.493 e. The number of amides is 1. The number of hydrogen-bond acceptors (Lipinski definition) is 8. The van der Waals surface area contributed by atoms with Crippen molar-refractivity contribution in [1.29, 1.82) is 0 Å². The van der Waals surface area contributed by atoms with Crippen molar-refractivity contribution in [2.24, 2.45) is 0 Å². The molecule has 3 rings (SSSR count). The summed E-state index contributed by atoms with van der Waals surface area (Å²) in [7, 11) is 3.81. The van der Waals surface area contributed by atoms with Crippen molar-refractivity contribution in [3.05, 3.63) is 12.1 Å². The molecule has 1 aromatic heterocycles. The first-order valence-corrected chi connectivity index (χ1v) is 8.51. The van der Waals surface area contributed by atoms with E-state index in [0.717, 1.165) is 7.05 Å². The number of hydrogen-bond donors (Lipinski definition) is 2. The number of nitrogens with two attached hydrogens (primary N) is 1. The predicted molar refractivity (Wildman–Crippen MR) is 107 cm³/mol. The summed E-state index contributed by atoms with van der Waals surface area (Å²) in [6.07, 6.45) is -3.88. The molecule has 2 heterocycles. The summed E-state index contributed by atoms with van der Waals surface area (Å²) in [5.74, 6) is -1.43. The predicted octanol–water partition coefficient (Wildman–Crippen LogP) is 1.35. The summed E-state index contributed by atoms with van der Waals surface area (Å²) in [5.41, 5.74) is 0.256. The molecule has 1 atom stereocenters. The van der Waals surface area contributed by atoms with Gasteiger partial charge in [0, 0.05) is 46.3 Å². The van der Waals surface area contributed by atoms with Crippen LogP contribution in [-0.4, -0.2) is 62.8 Å². The van der Waals surface area contributed by atoms with Crippen molar-refractivity contribution < 1.29 is 31.5 Å². The van der Waals surface area contributed by atoms with Gasteiger partial charge >= 0.3 is 0 Å². The number of nitrogens with one attached hydrogen (secondary N) is 1. The number of aromatic nitrogens is 2. The highest BCUT2D eigenvalue weighted by atomic mass is 16.5. The van der Waals surface area contributed by atoms with Crippen LogP contribution in [0.3, 0.4) is 0 Å². The Bertz CT molecular complexity index is 1160. The third kappa shape index (κ3) is 4.36. The Hall–Kier alpha value is -2.81. The second kappa shape index (κ2) is 8.92. The monoisotopic (exact) mass is 398 g/mol. The van der Waals surface area contributed by atoms with Crippen LogP contribution >= 0.6 is 0 Å². The minimum Gasteiger partial charge on any atom is -0.493 e. The average Bonchev–Trinajstić information content (AvgIpc) is 3.40. The van der Waals surface area contributed by atoms with Gasteiger partial charge in [0.25, 0.3) is 0 Å². The van der Waals surface area contributed by atoms with Gasteiger partial charge in [0.2, 0.25) is 11.9 Å². The number of nitrogens with zero attached hydrogens (tertiary/aromatic N) is 3. The van der Waals surface area contributed by atoms with Gasteiger partial charge in [-0.15, -0.1) is 0 Å². The third-order valence-corrected chi connectivity index (χ3v) is 4.12. The highest BCUT2D eigenvalue weighted by molar-refractivity contribution is 5.91. The summed E-state index contributed by atoms with van der Waals surface area (Å²) in [6.45, 7) is -6.46. The number of benzene rings is 1. The van der Waals surface area contributed by atoms with Crippen LogP contribution in [0.2, 0.25) is 4.24 Å². The van der Waals surface area contributed by atoms with Crippen LogP contribution in [0, 0.1) is 0 Å². The van der Waals surface area contributed by atoms with Gasteiger partial charge in [-0.1, -0.05) is 0 Å². The van der Waals surface area contributed by atoms with Gasteiger partial charge in [0.05, 0.1) is 19.7 Å². The number of ether oxygens (including phenoxy) is 3. The van der Waals surface area contributed by atoms with E-state index < -0.39 is 37.3 Å². The highest BCUT2D eigenvalue weighted by Gasteiger charge is 2.22. The minimum atomic E-state index is -3.51.